The van der Waals surface area contributed by atoms with Crippen molar-refractivity contribution >= 4 is 29.7 Å². The van der Waals surface area contributed by atoms with Crippen LogP contribution in [0.3, 0.4) is 0 Å². The predicted molar refractivity (Wildman–Crippen MR) is 193 cm³/mol. The molecule has 54 heavy (non-hydrogen) atoms. The van der Waals surface area contributed by atoms with Gasteiger partial charge >= 0.3 is 12.1 Å². The van der Waals surface area contributed by atoms with Gasteiger partial charge in [0.2, 0.25) is 0 Å². The average molecular weight is 765 g/mol. The van der Waals surface area contributed by atoms with Gasteiger partial charge in [0.05, 0.1) is 37.1 Å². The summed E-state index contributed by atoms with van der Waals surface area (Å²) in [6, 6.07) is -1.42. The minimum absolute atomic E-state index is 0.0247. The number of halogens is 1. The van der Waals surface area contributed by atoms with Gasteiger partial charge in [0, 0.05) is 48.9 Å². The molecule has 13 atom stereocenters. The molecule has 0 saturated carbocycles. The first-order chi connectivity index (χ1) is 25.3. The molecule has 302 valence electrons. The molecule has 1 aromatic heterocycles. The molecule has 3 aliphatic rings. The summed E-state index contributed by atoms with van der Waals surface area (Å²) in [5.41, 5.74) is -5.41. The van der Waals surface area contributed by atoms with Crippen molar-refractivity contribution < 1.29 is 57.1 Å². The van der Waals surface area contributed by atoms with Gasteiger partial charge in [-0.05, 0) is 54.1 Å². The van der Waals surface area contributed by atoms with Crippen molar-refractivity contribution in [3.8, 4) is 0 Å². The van der Waals surface area contributed by atoms with Crippen LogP contribution in [0.4, 0.5) is 9.18 Å². The first kappa shape index (κ1) is 43.3. The van der Waals surface area contributed by atoms with Crippen LogP contribution in [0.5, 0.6) is 0 Å². The Morgan fingerprint density at radius 1 is 1.09 bits per heavy atom. The van der Waals surface area contributed by atoms with Gasteiger partial charge in [0.1, 0.15) is 24.3 Å². The Labute approximate surface area is 316 Å². The number of fused-ring (bicyclic) bond motifs is 1. The van der Waals surface area contributed by atoms with Gasteiger partial charge in [0.15, 0.2) is 17.7 Å². The number of likely N-dealkylation sites (N-methyl/N-ethyl adjacent to an activating group) is 1. The smallest absolute Gasteiger partial charge is 0.408 e. The lowest BCUT2D eigenvalue weighted by molar-refractivity contribution is -0.301. The van der Waals surface area contributed by atoms with Crippen LogP contribution in [-0.4, -0.2) is 138 Å². The Balaban J connectivity index is 1.67. The van der Waals surface area contributed by atoms with Crippen LogP contribution < -0.4 is 5.32 Å². The lowest BCUT2D eigenvalue weighted by atomic mass is 9.73. The van der Waals surface area contributed by atoms with Crippen LogP contribution in [0.25, 0.3) is 6.08 Å². The van der Waals surface area contributed by atoms with E-state index in [1.165, 1.54) is 27.3 Å². The highest BCUT2D eigenvalue weighted by Crippen LogP contribution is 2.41. The molecule has 1 amide bonds. The van der Waals surface area contributed by atoms with Crippen molar-refractivity contribution in [3.63, 3.8) is 0 Å². The molecular weight excluding hydrogens is 707 g/mol. The van der Waals surface area contributed by atoms with E-state index >= 15 is 4.39 Å². The topological polar surface area (TPSA) is 185 Å². The van der Waals surface area contributed by atoms with E-state index in [1.54, 1.807) is 60.3 Å². The van der Waals surface area contributed by atoms with E-state index in [1.807, 2.05) is 11.0 Å². The zero-order valence-corrected chi connectivity index (χ0v) is 32.9. The summed E-state index contributed by atoms with van der Waals surface area (Å²) in [6.07, 6.45) is 2.29. The standard InChI is InChI=1S/C38H57FN4O11/c1-11-27-38(7)30(42-35(48)54-38)22(3)28(44)21(2)16-36(5,49-10)32(23(4)31(46)37(6,39)34(47)52-27)53-33-29(45)26(43(8)9)15-25(51-33)19-50-14-12-13-24-17-40-20-41-18-24/h12-13,17-18,20-23,25-27,29-30,32-33,45H,11,14-16,19H2,1-10H3,(H,42,48)/b13-12+/t21-,22+,23+,25?,26?,27-,29?,30-,32-,33+,36-,37+,38-/m1/s1. The molecule has 0 aliphatic carbocycles. The number of nitrogens with zero attached hydrogens (tertiary/aromatic N) is 3. The molecule has 0 aromatic carbocycles. The van der Waals surface area contributed by atoms with Gasteiger partial charge in [-0.3, -0.25) is 9.59 Å². The summed E-state index contributed by atoms with van der Waals surface area (Å²) in [4.78, 5) is 64.3. The number of alkyl carbamates (subject to hydrolysis) is 1. The van der Waals surface area contributed by atoms with Crippen LogP contribution in [0.15, 0.2) is 24.8 Å². The quantitative estimate of drug-likeness (QED) is 0.201. The van der Waals surface area contributed by atoms with Crippen molar-refractivity contribution in [2.75, 3.05) is 34.4 Å². The largest absolute Gasteiger partial charge is 0.455 e. The number of aliphatic hydroxyl groups is 1. The van der Waals surface area contributed by atoms with E-state index in [0.717, 1.165) is 12.5 Å². The molecule has 16 heteroatoms. The third-order valence-corrected chi connectivity index (χ3v) is 11.2. The van der Waals surface area contributed by atoms with Crippen molar-refractivity contribution in [2.45, 2.75) is 127 Å². The third-order valence-electron chi connectivity index (χ3n) is 11.2. The number of ether oxygens (including phenoxy) is 6. The van der Waals surface area contributed by atoms with Crippen LogP contribution >= 0.6 is 0 Å². The average Bonchev–Trinajstić information content (AvgIpc) is 3.45. The maximum absolute atomic E-state index is 16.7. The number of aliphatic hydroxyl groups excluding tert-OH is 1. The molecule has 2 N–H and O–H groups in total. The fourth-order valence-corrected chi connectivity index (χ4v) is 8.03. The van der Waals surface area contributed by atoms with Gasteiger partial charge < -0.3 is 43.7 Å². The molecule has 4 rings (SSSR count). The first-order valence-corrected chi connectivity index (χ1v) is 18.5. The molecule has 3 fully saturated rings. The number of Topliss-reactive ketones (excluding diaryl/α,β-unsaturated/α-hetero) is 2. The predicted octanol–water partition coefficient (Wildman–Crippen LogP) is 3.07. The van der Waals surface area contributed by atoms with Gasteiger partial charge in [0.25, 0.3) is 5.67 Å². The lowest BCUT2D eigenvalue weighted by Crippen LogP contribution is -2.62. The molecule has 4 heterocycles. The second-order valence-electron chi connectivity index (χ2n) is 15.5. The molecular formula is C38H57FN4O11. The molecule has 3 aliphatic heterocycles. The van der Waals surface area contributed by atoms with Gasteiger partial charge in [-0.2, -0.15) is 0 Å². The van der Waals surface area contributed by atoms with E-state index in [9.17, 15) is 24.3 Å². The Bertz CT molecular complexity index is 1510. The Morgan fingerprint density at radius 3 is 2.37 bits per heavy atom. The van der Waals surface area contributed by atoms with Crippen molar-refractivity contribution in [3.05, 3.63) is 30.4 Å². The number of hydrogen-bond acceptors (Lipinski definition) is 14. The normalized spacial score (nSPS) is 39.9. The zero-order valence-electron chi connectivity index (χ0n) is 32.9. The molecule has 3 unspecified atom stereocenters. The number of carbonyl (C=O) groups excluding carboxylic acids is 4. The third kappa shape index (κ3) is 9.16. The summed E-state index contributed by atoms with van der Waals surface area (Å²) in [7, 11) is 4.97. The SMILES string of the molecule is CC[C@H]1OC(=O)[C@@](C)(F)C(=O)[C@H](C)[C@@H](O[C@@H]2OC(COC/C=C/c3cncnc3)CC(N(C)C)C2O)[C@](C)(OC)C[C@@H](C)C(=O)[C@H](C)[C@H]2NC(=O)O[C@@]21C. The highest BCUT2D eigenvalue weighted by Gasteiger charge is 2.59. The Morgan fingerprint density at radius 2 is 1.76 bits per heavy atom. The number of alkyl halides is 1. The summed E-state index contributed by atoms with van der Waals surface area (Å²) in [5.74, 6) is -5.90. The second-order valence-corrected chi connectivity index (χ2v) is 15.5. The maximum atomic E-state index is 16.7. The Hall–Kier alpha value is -3.41. The van der Waals surface area contributed by atoms with Crippen molar-refractivity contribution in [2.24, 2.45) is 17.8 Å². The number of ketones is 2. The highest BCUT2D eigenvalue weighted by molar-refractivity contribution is 6.08. The van der Waals surface area contributed by atoms with E-state index in [2.05, 4.69) is 15.3 Å². The monoisotopic (exact) mass is 764 g/mol. The summed E-state index contributed by atoms with van der Waals surface area (Å²) < 4.78 is 52.6. The van der Waals surface area contributed by atoms with Gasteiger partial charge in [-0.25, -0.2) is 23.9 Å². The number of hydrogen-bond donors (Lipinski definition) is 2. The number of cyclic esters (lactones) is 1. The molecule has 3 saturated heterocycles. The van der Waals surface area contributed by atoms with Crippen molar-refractivity contribution in [1.82, 2.24) is 20.2 Å². The van der Waals surface area contributed by atoms with Gasteiger partial charge in [-0.15, -0.1) is 0 Å². The fraction of sp³-hybridized carbons (Fsp3) is 0.737. The zero-order chi connectivity index (χ0) is 40.2. The molecule has 0 radical (unpaired) electrons. The van der Waals surface area contributed by atoms with Crippen LogP contribution in [0, 0.1) is 17.8 Å². The number of carbonyl (C=O) groups is 4. The van der Waals surface area contributed by atoms with E-state index in [0.29, 0.717) is 6.42 Å². The number of rotatable bonds is 10. The van der Waals surface area contributed by atoms with Crippen molar-refractivity contribution in [1.29, 1.82) is 0 Å². The number of methoxy groups -OCH3 is 1. The number of amides is 1. The van der Waals surface area contributed by atoms with E-state index in [4.69, 9.17) is 28.4 Å². The summed E-state index contributed by atoms with van der Waals surface area (Å²) in [6.45, 7) is 10.7. The molecule has 1 aromatic rings. The molecule has 0 spiro atoms. The molecule has 15 nitrogen and oxygen atoms in total. The second kappa shape index (κ2) is 17.6. The number of nitrogens with one attached hydrogen (secondary N) is 1. The number of aromatic nitrogens is 2. The van der Waals surface area contributed by atoms with Crippen LogP contribution in [0.2, 0.25) is 0 Å². The Kier molecular flexibility index (Phi) is 14.1. The molecule has 0 bridgehead atoms. The minimum atomic E-state index is -3.18. The maximum Gasteiger partial charge on any atom is 0.408 e. The van der Waals surface area contributed by atoms with E-state index in [-0.39, 0.29) is 31.8 Å². The number of esters is 1. The van der Waals surface area contributed by atoms with Crippen LogP contribution in [-0.2, 0) is 42.8 Å². The minimum Gasteiger partial charge on any atom is -0.455 e. The summed E-state index contributed by atoms with van der Waals surface area (Å²) in [5, 5.41) is 14.3. The summed E-state index contributed by atoms with van der Waals surface area (Å²) >= 11 is 0. The first-order valence-electron chi connectivity index (χ1n) is 18.5. The highest BCUT2D eigenvalue weighted by atomic mass is 19.1. The fourth-order valence-electron chi connectivity index (χ4n) is 8.03. The lowest BCUT2D eigenvalue weighted by Gasteiger charge is -2.47. The van der Waals surface area contributed by atoms with E-state index < -0.39 is 95.3 Å². The van der Waals surface area contributed by atoms with Crippen LogP contribution in [0.1, 0.15) is 73.3 Å². The van der Waals surface area contributed by atoms with Gasteiger partial charge in [-0.1, -0.05) is 39.8 Å².